The summed E-state index contributed by atoms with van der Waals surface area (Å²) in [6.07, 6.45) is 3.16. The van der Waals surface area contributed by atoms with Crippen LogP contribution in [0.15, 0.2) is 0 Å². The highest BCUT2D eigenvalue weighted by Crippen LogP contribution is 2.30. The molecule has 0 radical (unpaired) electrons. The van der Waals surface area contributed by atoms with E-state index in [0.717, 1.165) is 51.9 Å². The summed E-state index contributed by atoms with van der Waals surface area (Å²) in [6.45, 7) is 3.57. The van der Waals surface area contributed by atoms with Crippen molar-refractivity contribution in [1.82, 2.24) is 15.2 Å². The zero-order valence-electron chi connectivity index (χ0n) is 11.6. The second-order valence-corrected chi connectivity index (χ2v) is 5.69. The van der Waals surface area contributed by atoms with Crippen molar-refractivity contribution in [2.45, 2.75) is 25.7 Å². The minimum Gasteiger partial charge on any atom is -0.340 e. The van der Waals surface area contributed by atoms with Crippen LogP contribution >= 0.6 is 0 Å². The van der Waals surface area contributed by atoms with Crippen LogP contribution < -0.4 is 11.3 Å². The van der Waals surface area contributed by atoms with Crippen molar-refractivity contribution < 1.29 is 9.59 Å². The van der Waals surface area contributed by atoms with Gasteiger partial charge in [0.2, 0.25) is 11.8 Å². The van der Waals surface area contributed by atoms with Crippen molar-refractivity contribution in [2.24, 2.45) is 17.7 Å². The number of hydrazine groups is 1. The first-order valence-corrected chi connectivity index (χ1v) is 7.09. The number of hydrogen-bond acceptors (Lipinski definition) is 4. The largest absolute Gasteiger partial charge is 0.340 e. The summed E-state index contributed by atoms with van der Waals surface area (Å²) < 4.78 is 0. The molecule has 0 unspecified atom stereocenters. The Morgan fingerprint density at radius 2 is 1.53 bits per heavy atom. The van der Waals surface area contributed by atoms with Crippen LogP contribution in [0.4, 0.5) is 0 Å². The molecule has 0 aromatic heterocycles. The van der Waals surface area contributed by atoms with Gasteiger partial charge in [0.15, 0.2) is 0 Å². The van der Waals surface area contributed by atoms with Gasteiger partial charge in [-0.2, -0.15) is 0 Å². The van der Waals surface area contributed by atoms with Crippen LogP contribution in [0.2, 0.25) is 0 Å². The molecule has 6 heteroatoms. The average molecular weight is 268 g/mol. The summed E-state index contributed by atoms with van der Waals surface area (Å²) in [4.78, 5) is 28.1. The Hall–Kier alpha value is -1.14. The molecule has 108 valence electrons. The molecule has 0 aromatic carbocycles. The fourth-order valence-corrected chi connectivity index (χ4v) is 3.01. The predicted molar refractivity (Wildman–Crippen MR) is 71.9 cm³/mol. The average Bonchev–Trinajstić information content (AvgIpc) is 2.46. The number of carbonyl (C=O) groups excluding carboxylic acids is 2. The molecular formula is C13H24N4O2. The monoisotopic (exact) mass is 268 g/mol. The van der Waals surface area contributed by atoms with Crippen molar-refractivity contribution in [3.8, 4) is 0 Å². The van der Waals surface area contributed by atoms with E-state index in [4.69, 9.17) is 5.84 Å². The molecule has 1 saturated carbocycles. The molecule has 1 saturated heterocycles. The third-order valence-electron chi connectivity index (χ3n) is 4.40. The number of likely N-dealkylation sites (N-methyl/N-ethyl adjacent to an activating group) is 1. The summed E-state index contributed by atoms with van der Waals surface area (Å²) in [5, 5.41) is 0. The van der Waals surface area contributed by atoms with Gasteiger partial charge in [-0.25, -0.2) is 5.84 Å². The van der Waals surface area contributed by atoms with Crippen LogP contribution in [0.25, 0.3) is 0 Å². The predicted octanol–water partition coefficient (Wildman–Crippen LogP) is -0.443. The van der Waals surface area contributed by atoms with Gasteiger partial charge in [0.05, 0.1) is 0 Å². The molecule has 0 atom stereocenters. The number of nitrogens with two attached hydrogens (primary N) is 1. The van der Waals surface area contributed by atoms with Gasteiger partial charge in [0.1, 0.15) is 0 Å². The highest BCUT2D eigenvalue weighted by molar-refractivity contribution is 5.81. The Kier molecular flexibility index (Phi) is 4.76. The quantitative estimate of drug-likeness (QED) is 0.404. The van der Waals surface area contributed by atoms with Gasteiger partial charge in [-0.05, 0) is 32.7 Å². The SMILES string of the molecule is CN1CCN(C(=O)[C@H]2CC[C@H](C(=O)NN)CC2)CC1. The Bertz CT molecular complexity index is 332. The van der Waals surface area contributed by atoms with E-state index in [0.29, 0.717) is 0 Å². The molecule has 2 aliphatic rings. The van der Waals surface area contributed by atoms with Crippen LogP contribution in [0.1, 0.15) is 25.7 Å². The normalized spacial score (nSPS) is 29.1. The number of nitrogens with zero attached hydrogens (tertiary/aromatic N) is 2. The highest BCUT2D eigenvalue weighted by atomic mass is 16.2. The van der Waals surface area contributed by atoms with Crippen molar-refractivity contribution in [2.75, 3.05) is 33.2 Å². The van der Waals surface area contributed by atoms with Crippen molar-refractivity contribution >= 4 is 11.8 Å². The van der Waals surface area contributed by atoms with E-state index < -0.39 is 0 Å². The molecule has 0 spiro atoms. The summed E-state index contributed by atoms with van der Waals surface area (Å²) in [6, 6.07) is 0. The number of carbonyl (C=O) groups is 2. The van der Waals surface area contributed by atoms with Gasteiger partial charge in [0, 0.05) is 38.0 Å². The maximum Gasteiger partial charge on any atom is 0.236 e. The Morgan fingerprint density at radius 1 is 1.00 bits per heavy atom. The molecule has 2 amide bonds. The maximum atomic E-state index is 12.4. The zero-order chi connectivity index (χ0) is 13.8. The Balaban J connectivity index is 1.81. The van der Waals surface area contributed by atoms with Crippen LogP contribution in [0.3, 0.4) is 0 Å². The van der Waals surface area contributed by atoms with Gasteiger partial charge in [0.25, 0.3) is 0 Å². The lowest BCUT2D eigenvalue weighted by molar-refractivity contribution is -0.139. The second kappa shape index (κ2) is 6.34. The van der Waals surface area contributed by atoms with Gasteiger partial charge in [-0.15, -0.1) is 0 Å². The maximum absolute atomic E-state index is 12.4. The lowest BCUT2D eigenvalue weighted by Crippen LogP contribution is -2.49. The minimum absolute atomic E-state index is 0.0125. The molecule has 1 aliphatic heterocycles. The van der Waals surface area contributed by atoms with E-state index in [1.54, 1.807) is 0 Å². The first-order chi connectivity index (χ1) is 9.11. The summed E-state index contributed by atoms with van der Waals surface area (Å²) in [5.41, 5.74) is 2.21. The van der Waals surface area contributed by atoms with Crippen LogP contribution in [0.5, 0.6) is 0 Å². The van der Waals surface area contributed by atoms with E-state index in [1.807, 2.05) is 4.90 Å². The van der Waals surface area contributed by atoms with Gasteiger partial charge in [-0.3, -0.25) is 15.0 Å². The lowest BCUT2D eigenvalue weighted by Gasteiger charge is -2.36. The van der Waals surface area contributed by atoms with Gasteiger partial charge in [-0.1, -0.05) is 0 Å². The van der Waals surface area contributed by atoms with Gasteiger partial charge < -0.3 is 9.80 Å². The Morgan fingerprint density at radius 3 is 2.05 bits per heavy atom. The summed E-state index contributed by atoms with van der Waals surface area (Å²) in [5.74, 6) is 5.42. The number of amides is 2. The van der Waals surface area contributed by atoms with Crippen LogP contribution in [-0.2, 0) is 9.59 Å². The first kappa shape index (κ1) is 14.3. The van der Waals surface area contributed by atoms with Crippen molar-refractivity contribution in [1.29, 1.82) is 0 Å². The fourth-order valence-electron chi connectivity index (χ4n) is 3.01. The summed E-state index contributed by atoms with van der Waals surface area (Å²) in [7, 11) is 2.08. The van der Waals surface area contributed by atoms with Crippen LogP contribution in [0, 0.1) is 11.8 Å². The third kappa shape index (κ3) is 3.45. The molecule has 6 nitrogen and oxygen atoms in total. The molecule has 1 aliphatic carbocycles. The van der Waals surface area contributed by atoms with E-state index >= 15 is 0 Å². The van der Waals surface area contributed by atoms with E-state index in [-0.39, 0.29) is 23.7 Å². The molecular weight excluding hydrogens is 244 g/mol. The fraction of sp³-hybridized carbons (Fsp3) is 0.846. The van der Waals surface area contributed by atoms with Crippen LogP contribution in [-0.4, -0.2) is 54.8 Å². The number of piperazine rings is 1. The third-order valence-corrected chi connectivity index (χ3v) is 4.40. The first-order valence-electron chi connectivity index (χ1n) is 7.09. The second-order valence-electron chi connectivity index (χ2n) is 5.69. The molecule has 2 rings (SSSR count). The molecule has 0 bridgehead atoms. The number of hydrogen-bond donors (Lipinski definition) is 2. The smallest absolute Gasteiger partial charge is 0.236 e. The van der Waals surface area contributed by atoms with E-state index in [9.17, 15) is 9.59 Å². The highest BCUT2D eigenvalue weighted by Gasteiger charge is 2.32. The van der Waals surface area contributed by atoms with Gasteiger partial charge >= 0.3 is 0 Å². The lowest BCUT2D eigenvalue weighted by atomic mass is 9.81. The topological polar surface area (TPSA) is 78.7 Å². The number of rotatable bonds is 2. The molecule has 1 heterocycles. The summed E-state index contributed by atoms with van der Waals surface area (Å²) >= 11 is 0. The zero-order valence-corrected chi connectivity index (χ0v) is 11.6. The van der Waals surface area contributed by atoms with E-state index in [2.05, 4.69) is 17.4 Å². The molecule has 0 aromatic rings. The minimum atomic E-state index is -0.0921. The molecule has 2 fully saturated rings. The molecule has 3 N–H and O–H groups in total. The standard InChI is InChI=1S/C13H24N4O2/c1-16-6-8-17(9-7-16)13(19)11-4-2-10(3-5-11)12(18)15-14/h10-11H,2-9,14H2,1H3,(H,15,18)/t10-,11-. The van der Waals surface area contributed by atoms with E-state index in [1.165, 1.54) is 0 Å². The Labute approximate surface area is 114 Å². The van der Waals surface area contributed by atoms with Crippen molar-refractivity contribution in [3.63, 3.8) is 0 Å². The number of nitrogens with one attached hydrogen (secondary N) is 1. The van der Waals surface area contributed by atoms with Crippen molar-refractivity contribution in [3.05, 3.63) is 0 Å². The molecule has 19 heavy (non-hydrogen) atoms.